The van der Waals surface area contributed by atoms with Crippen molar-refractivity contribution in [3.8, 4) is 0 Å². The molecule has 0 saturated carbocycles. The number of aliphatic hydroxyl groups is 1. The fourth-order valence-electron chi connectivity index (χ4n) is 3.98. The second-order valence-electron chi connectivity index (χ2n) is 9.21. The lowest BCUT2D eigenvalue weighted by Gasteiger charge is -2.38. The van der Waals surface area contributed by atoms with E-state index in [1.165, 1.54) is 12.2 Å². The number of ether oxygens (including phenoxy) is 4. The highest BCUT2D eigenvalue weighted by Gasteiger charge is 2.53. The first-order valence-corrected chi connectivity index (χ1v) is 10.7. The Morgan fingerprint density at radius 2 is 1.97 bits per heavy atom. The van der Waals surface area contributed by atoms with E-state index in [0.29, 0.717) is 19.6 Å². The van der Waals surface area contributed by atoms with Crippen molar-refractivity contribution in [1.82, 2.24) is 5.32 Å². The van der Waals surface area contributed by atoms with Crippen LogP contribution in [0.2, 0.25) is 0 Å². The summed E-state index contributed by atoms with van der Waals surface area (Å²) in [6.45, 7) is 9.52. The highest BCUT2D eigenvalue weighted by Crippen LogP contribution is 2.46. The van der Waals surface area contributed by atoms with Crippen LogP contribution in [0.15, 0.2) is 36.0 Å². The Morgan fingerprint density at radius 1 is 1.27 bits per heavy atom. The third kappa shape index (κ3) is 7.32. The molecule has 0 aromatic rings. The fraction of sp³-hybridized carbons (Fsp3) is 0.696. The minimum absolute atomic E-state index is 0.0241. The first kappa shape index (κ1) is 23.2. The Morgan fingerprint density at radius 3 is 2.60 bits per heavy atom. The van der Waals surface area contributed by atoms with Gasteiger partial charge < -0.3 is 29.4 Å². The maximum Gasteiger partial charge on any atom is 0.244 e. The van der Waals surface area contributed by atoms with Gasteiger partial charge in [-0.3, -0.25) is 4.79 Å². The van der Waals surface area contributed by atoms with Crippen molar-refractivity contribution in [2.75, 3.05) is 19.8 Å². The van der Waals surface area contributed by atoms with Gasteiger partial charge in [-0.25, -0.2) is 0 Å². The van der Waals surface area contributed by atoms with Gasteiger partial charge in [0.05, 0.1) is 49.3 Å². The van der Waals surface area contributed by atoms with Gasteiger partial charge in [0.25, 0.3) is 0 Å². The van der Waals surface area contributed by atoms with E-state index in [1.54, 1.807) is 6.92 Å². The molecule has 3 rings (SSSR count). The number of aliphatic hydroxyl groups excluding tert-OH is 1. The average Bonchev–Trinajstić information content (AvgIpc) is 3.40. The first-order chi connectivity index (χ1) is 14.1. The van der Waals surface area contributed by atoms with Crippen LogP contribution in [0.5, 0.6) is 0 Å². The van der Waals surface area contributed by atoms with E-state index in [4.69, 9.17) is 24.1 Å². The molecule has 1 amide bonds. The van der Waals surface area contributed by atoms with E-state index in [9.17, 15) is 4.79 Å². The number of hydrogen-bond acceptors (Lipinski definition) is 6. The third-order valence-electron chi connectivity index (χ3n) is 5.39. The summed E-state index contributed by atoms with van der Waals surface area (Å²) in [6, 6.07) is -0.193. The molecule has 7 nitrogen and oxygen atoms in total. The minimum atomic E-state index is -0.651. The quantitative estimate of drug-likeness (QED) is 0.373. The number of carbonyl (C=O) groups is 1. The minimum Gasteiger partial charge on any atom is -0.389 e. The lowest BCUT2D eigenvalue weighted by molar-refractivity contribution is -0.187. The maximum atomic E-state index is 11.7. The standard InChI is InChI=1S/C23H35NO6/c1-16(5-8-19-11-23(15-29-23)14-22(3,4)30-19)6-10-21-27-12-18(13-28-21)24-20(26)9-7-17(2)25/h5-9,17-19,21,25H,10-15H2,1-4H3,(H,24,26)/b8-5+,9-7-,16-6+/t17-,18?,19+,21?,23+/m0/s1. The molecule has 0 unspecified atom stereocenters. The highest BCUT2D eigenvalue weighted by molar-refractivity contribution is 5.87. The molecule has 1 spiro atoms. The molecule has 3 saturated heterocycles. The zero-order chi connectivity index (χ0) is 21.8. The summed E-state index contributed by atoms with van der Waals surface area (Å²) in [5.41, 5.74) is 0.984. The van der Waals surface area contributed by atoms with Crippen LogP contribution in [-0.4, -0.2) is 66.6 Å². The second kappa shape index (κ2) is 9.75. The summed E-state index contributed by atoms with van der Waals surface area (Å²) < 4.78 is 23.3. The first-order valence-electron chi connectivity index (χ1n) is 10.7. The van der Waals surface area contributed by atoms with Crippen molar-refractivity contribution in [2.24, 2.45) is 0 Å². The molecule has 3 heterocycles. The van der Waals surface area contributed by atoms with Gasteiger partial charge in [0.2, 0.25) is 5.91 Å². The summed E-state index contributed by atoms with van der Waals surface area (Å²) in [5.74, 6) is -0.265. The summed E-state index contributed by atoms with van der Waals surface area (Å²) in [7, 11) is 0. The average molecular weight is 422 g/mol. The van der Waals surface area contributed by atoms with Crippen LogP contribution in [0.3, 0.4) is 0 Å². The van der Waals surface area contributed by atoms with Crippen LogP contribution >= 0.6 is 0 Å². The predicted octanol–water partition coefficient (Wildman–Crippen LogP) is 2.40. The van der Waals surface area contributed by atoms with Crippen molar-refractivity contribution in [1.29, 1.82) is 0 Å². The molecule has 2 N–H and O–H groups in total. The Labute approximate surface area is 179 Å². The zero-order valence-electron chi connectivity index (χ0n) is 18.4. The van der Waals surface area contributed by atoms with E-state index in [-0.39, 0.29) is 35.5 Å². The van der Waals surface area contributed by atoms with Crippen LogP contribution in [0, 0.1) is 0 Å². The van der Waals surface area contributed by atoms with Gasteiger partial charge in [0, 0.05) is 25.3 Å². The largest absolute Gasteiger partial charge is 0.389 e. The number of allylic oxidation sites excluding steroid dienone is 2. The van der Waals surface area contributed by atoms with Gasteiger partial charge in [-0.15, -0.1) is 0 Å². The number of nitrogens with one attached hydrogen (secondary N) is 1. The molecule has 3 aliphatic heterocycles. The second-order valence-corrected chi connectivity index (χ2v) is 9.21. The molecule has 0 aromatic carbocycles. The Kier molecular flexibility index (Phi) is 7.52. The molecule has 0 radical (unpaired) electrons. The Balaban J connectivity index is 1.39. The van der Waals surface area contributed by atoms with Gasteiger partial charge in [-0.2, -0.15) is 0 Å². The van der Waals surface area contributed by atoms with E-state index in [0.717, 1.165) is 25.0 Å². The summed E-state index contributed by atoms with van der Waals surface area (Å²) >= 11 is 0. The van der Waals surface area contributed by atoms with Crippen molar-refractivity contribution in [3.05, 3.63) is 36.0 Å². The van der Waals surface area contributed by atoms with Gasteiger partial charge in [0.15, 0.2) is 6.29 Å². The van der Waals surface area contributed by atoms with Crippen LogP contribution < -0.4 is 5.32 Å². The molecule has 30 heavy (non-hydrogen) atoms. The van der Waals surface area contributed by atoms with Crippen molar-refractivity contribution >= 4 is 5.91 Å². The van der Waals surface area contributed by atoms with E-state index < -0.39 is 6.10 Å². The molecular weight excluding hydrogens is 386 g/mol. The highest BCUT2D eigenvalue weighted by atomic mass is 16.7. The summed E-state index contributed by atoms with van der Waals surface area (Å²) in [4.78, 5) is 11.7. The van der Waals surface area contributed by atoms with Crippen LogP contribution in [-0.2, 0) is 23.7 Å². The molecule has 3 aliphatic rings. The van der Waals surface area contributed by atoms with Crippen LogP contribution in [0.4, 0.5) is 0 Å². The number of epoxide rings is 1. The molecule has 168 valence electrons. The van der Waals surface area contributed by atoms with Gasteiger partial charge >= 0.3 is 0 Å². The summed E-state index contributed by atoms with van der Waals surface area (Å²) in [6.07, 6.45) is 10.6. The lowest BCUT2D eigenvalue weighted by Crippen LogP contribution is -2.46. The lowest BCUT2D eigenvalue weighted by atomic mass is 9.85. The molecule has 0 bridgehead atoms. The molecule has 3 atom stereocenters. The third-order valence-corrected chi connectivity index (χ3v) is 5.39. The SMILES string of the molecule is CC(/C=C/[C@@H]1C[C@]2(CO2)CC(C)(C)O1)=C\CC1OCC(NC(=O)/C=C\[C@H](C)O)CO1. The molecule has 0 aromatic heterocycles. The Bertz CT molecular complexity index is 678. The van der Waals surface area contributed by atoms with E-state index in [1.807, 2.05) is 6.92 Å². The monoisotopic (exact) mass is 421 g/mol. The zero-order valence-corrected chi connectivity index (χ0v) is 18.4. The van der Waals surface area contributed by atoms with Crippen molar-refractivity contribution in [3.63, 3.8) is 0 Å². The van der Waals surface area contributed by atoms with E-state index >= 15 is 0 Å². The van der Waals surface area contributed by atoms with Gasteiger partial charge in [0.1, 0.15) is 0 Å². The normalized spacial score (nSPS) is 35.1. The molecule has 0 aliphatic carbocycles. The number of carbonyl (C=O) groups excluding carboxylic acids is 1. The van der Waals surface area contributed by atoms with Crippen LogP contribution in [0.1, 0.15) is 47.0 Å². The maximum absolute atomic E-state index is 11.7. The topological polar surface area (TPSA) is 89.5 Å². The van der Waals surface area contributed by atoms with Gasteiger partial charge in [-0.1, -0.05) is 29.9 Å². The summed E-state index contributed by atoms with van der Waals surface area (Å²) in [5, 5.41) is 12.0. The van der Waals surface area contributed by atoms with Crippen molar-refractivity contribution < 1.29 is 28.8 Å². The number of amides is 1. The number of rotatable bonds is 7. The smallest absolute Gasteiger partial charge is 0.244 e. The Hall–Kier alpha value is -1.51. The van der Waals surface area contributed by atoms with Crippen molar-refractivity contribution in [2.45, 2.75) is 82.7 Å². The fourth-order valence-corrected chi connectivity index (χ4v) is 3.98. The number of hydrogen-bond donors (Lipinski definition) is 2. The van der Waals surface area contributed by atoms with Gasteiger partial charge in [-0.05, 0) is 27.7 Å². The predicted molar refractivity (Wildman–Crippen MR) is 113 cm³/mol. The van der Waals surface area contributed by atoms with Crippen LogP contribution in [0.25, 0.3) is 0 Å². The molecule has 7 heteroatoms. The van der Waals surface area contributed by atoms with E-state index in [2.05, 4.69) is 37.4 Å². The molecular formula is C23H35NO6. The molecule has 3 fully saturated rings.